The highest BCUT2D eigenvalue weighted by molar-refractivity contribution is 5.82. The first kappa shape index (κ1) is 18.3. The Morgan fingerprint density at radius 2 is 1.63 bits per heavy atom. The van der Waals surface area contributed by atoms with E-state index in [-0.39, 0.29) is 0 Å². The van der Waals surface area contributed by atoms with Crippen LogP contribution in [0.4, 0.5) is 8.78 Å². The van der Waals surface area contributed by atoms with E-state index < -0.39 is 17.7 Å². The molecule has 5 heteroatoms. The summed E-state index contributed by atoms with van der Waals surface area (Å²) in [6.07, 6.45) is 10.2. The summed E-state index contributed by atoms with van der Waals surface area (Å²) in [5.41, 5.74) is 5.34. The van der Waals surface area contributed by atoms with Gasteiger partial charge >= 0.3 is 0 Å². The Kier molecular flexibility index (Phi) is 4.45. The Bertz CT molecular complexity index is 1340. The quantitative estimate of drug-likeness (QED) is 0.475. The van der Waals surface area contributed by atoms with Crippen LogP contribution in [-0.4, -0.2) is 15.1 Å². The minimum Gasteiger partial charge on any atom is -0.384 e. The first-order chi connectivity index (χ1) is 14.6. The molecule has 5 rings (SSSR count). The van der Waals surface area contributed by atoms with Gasteiger partial charge in [0.2, 0.25) is 0 Å². The number of hydrogen-bond donors (Lipinski definition) is 1. The van der Waals surface area contributed by atoms with Gasteiger partial charge in [-0.05, 0) is 52.6 Å². The van der Waals surface area contributed by atoms with Crippen LogP contribution in [0.3, 0.4) is 0 Å². The summed E-state index contributed by atoms with van der Waals surface area (Å²) in [4.78, 5) is 8.51. The van der Waals surface area contributed by atoms with Crippen molar-refractivity contribution >= 4 is 35.2 Å². The van der Waals surface area contributed by atoms with Crippen LogP contribution in [0.5, 0.6) is 0 Å². The zero-order chi connectivity index (χ0) is 20.7. The van der Waals surface area contributed by atoms with Gasteiger partial charge in [-0.15, -0.1) is 0 Å². The lowest BCUT2D eigenvalue weighted by atomic mass is 9.96. The van der Waals surface area contributed by atoms with E-state index in [1.54, 1.807) is 30.6 Å². The predicted molar refractivity (Wildman–Crippen MR) is 114 cm³/mol. The first-order valence-electron chi connectivity index (χ1n) is 9.46. The number of hydrogen-bond acceptors (Lipinski definition) is 3. The molecule has 1 atom stereocenters. The number of aliphatic hydroxyl groups is 1. The Hall–Kier alpha value is -3.70. The molecule has 2 heterocycles. The van der Waals surface area contributed by atoms with E-state index in [0.29, 0.717) is 16.6 Å². The summed E-state index contributed by atoms with van der Waals surface area (Å²) in [5, 5.41) is 11.4. The van der Waals surface area contributed by atoms with Crippen LogP contribution in [0.15, 0.2) is 60.9 Å². The predicted octanol–water partition coefficient (Wildman–Crippen LogP) is 5.64. The molecule has 0 radical (unpaired) electrons. The molecule has 3 nitrogen and oxygen atoms in total. The van der Waals surface area contributed by atoms with Gasteiger partial charge in [-0.2, -0.15) is 0 Å². The third-order valence-corrected chi connectivity index (χ3v) is 5.23. The second kappa shape index (κ2) is 7.28. The normalized spacial score (nSPS) is 15.2. The number of aromatic nitrogens is 2. The minimum absolute atomic E-state index is 0.391. The number of aliphatic hydroxyl groups excluding tert-OH is 1. The zero-order valence-corrected chi connectivity index (χ0v) is 15.8. The number of halogens is 2. The number of rotatable bonds is 2. The van der Waals surface area contributed by atoms with Crippen molar-refractivity contribution in [3.63, 3.8) is 0 Å². The molecule has 0 spiro atoms. The molecule has 1 aliphatic rings. The maximum Gasteiger partial charge on any atom is 0.161 e. The van der Waals surface area contributed by atoms with Crippen molar-refractivity contribution in [2.45, 2.75) is 6.10 Å². The summed E-state index contributed by atoms with van der Waals surface area (Å²) in [6.45, 7) is 0. The van der Waals surface area contributed by atoms with Crippen molar-refractivity contribution in [1.82, 2.24) is 9.97 Å². The number of fused-ring (bicyclic) bond motifs is 3. The summed E-state index contributed by atoms with van der Waals surface area (Å²) < 4.78 is 26.9. The second-order valence-corrected chi connectivity index (χ2v) is 7.16. The maximum absolute atomic E-state index is 13.5. The van der Waals surface area contributed by atoms with Crippen LogP contribution >= 0.6 is 0 Å². The van der Waals surface area contributed by atoms with Crippen LogP contribution in [0, 0.1) is 11.6 Å². The molecule has 146 valence electrons. The molecule has 0 fully saturated rings. The molecule has 30 heavy (non-hydrogen) atoms. The van der Waals surface area contributed by atoms with E-state index in [0.717, 1.165) is 39.9 Å². The Morgan fingerprint density at radius 1 is 0.833 bits per heavy atom. The van der Waals surface area contributed by atoms with Gasteiger partial charge < -0.3 is 5.11 Å². The molecule has 2 aromatic heterocycles. The number of nitrogens with zero attached hydrogens (tertiary/aromatic N) is 2. The van der Waals surface area contributed by atoms with Crippen LogP contribution in [0.1, 0.15) is 39.6 Å². The molecule has 4 aromatic rings. The number of benzene rings is 2. The third kappa shape index (κ3) is 3.29. The second-order valence-electron chi connectivity index (χ2n) is 7.16. The van der Waals surface area contributed by atoms with Gasteiger partial charge in [-0.25, -0.2) is 13.8 Å². The fourth-order valence-electron chi connectivity index (χ4n) is 3.64. The van der Waals surface area contributed by atoms with Crippen molar-refractivity contribution in [3.8, 4) is 0 Å². The lowest BCUT2D eigenvalue weighted by Crippen LogP contribution is -2.03. The average molecular weight is 398 g/mol. The van der Waals surface area contributed by atoms with E-state index in [9.17, 15) is 13.9 Å². The molecule has 0 aliphatic heterocycles. The Morgan fingerprint density at radius 3 is 2.50 bits per heavy atom. The smallest absolute Gasteiger partial charge is 0.161 e. The molecule has 1 unspecified atom stereocenters. The lowest BCUT2D eigenvalue weighted by Gasteiger charge is -2.14. The van der Waals surface area contributed by atoms with E-state index in [2.05, 4.69) is 9.97 Å². The van der Waals surface area contributed by atoms with Crippen LogP contribution < -0.4 is 0 Å². The monoisotopic (exact) mass is 398 g/mol. The van der Waals surface area contributed by atoms with Gasteiger partial charge in [0.15, 0.2) is 11.6 Å². The number of pyridine rings is 2. The molecule has 0 saturated carbocycles. The SMILES string of the molecule is OC1c2cnccc2C=Cc2ccc(C=Cc3ccc4cc(F)c(F)cc4n3)cc21. The minimum atomic E-state index is -0.918. The Labute approximate surface area is 171 Å². The highest BCUT2D eigenvalue weighted by Crippen LogP contribution is 2.33. The Balaban J connectivity index is 1.49. The summed E-state index contributed by atoms with van der Waals surface area (Å²) in [6, 6.07) is 13.4. The molecule has 0 saturated heterocycles. The van der Waals surface area contributed by atoms with Gasteiger partial charge in [0.25, 0.3) is 0 Å². The lowest BCUT2D eigenvalue weighted by molar-refractivity contribution is 0.219. The molecule has 1 aliphatic carbocycles. The van der Waals surface area contributed by atoms with Gasteiger partial charge in [0, 0.05) is 29.4 Å². The van der Waals surface area contributed by atoms with Crippen molar-refractivity contribution in [2.75, 3.05) is 0 Å². The van der Waals surface area contributed by atoms with Crippen molar-refractivity contribution in [3.05, 3.63) is 106 Å². The highest BCUT2D eigenvalue weighted by atomic mass is 19.2. The van der Waals surface area contributed by atoms with Crippen molar-refractivity contribution in [1.29, 1.82) is 0 Å². The standard InChI is InChI=1S/C25H16F2N2O/c26-22-12-18-6-8-19(29-24(18)13-23(22)27)7-2-15-1-3-16-4-5-17-9-10-28-14-21(17)25(30)20(16)11-15/h1-14,25,30H. The average Bonchev–Trinajstić information content (AvgIpc) is 2.90. The van der Waals surface area contributed by atoms with Crippen molar-refractivity contribution in [2.24, 2.45) is 0 Å². The molecule has 0 amide bonds. The zero-order valence-electron chi connectivity index (χ0n) is 15.8. The molecule has 1 N–H and O–H groups in total. The summed E-state index contributed by atoms with van der Waals surface area (Å²) >= 11 is 0. The fourth-order valence-corrected chi connectivity index (χ4v) is 3.64. The molecular formula is C25H16F2N2O. The topological polar surface area (TPSA) is 46.0 Å². The summed E-state index contributed by atoms with van der Waals surface area (Å²) in [5.74, 6) is -1.80. The largest absolute Gasteiger partial charge is 0.384 e. The van der Waals surface area contributed by atoms with Gasteiger partial charge in [0.1, 0.15) is 6.10 Å². The van der Waals surface area contributed by atoms with E-state index in [4.69, 9.17) is 0 Å². The highest BCUT2D eigenvalue weighted by Gasteiger charge is 2.19. The van der Waals surface area contributed by atoms with E-state index in [1.165, 1.54) is 0 Å². The van der Waals surface area contributed by atoms with E-state index in [1.807, 2.05) is 42.5 Å². The van der Waals surface area contributed by atoms with Gasteiger partial charge in [-0.3, -0.25) is 4.98 Å². The van der Waals surface area contributed by atoms with Crippen molar-refractivity contribution < 1.29 is 13.9 Å². The molecule has 2 aromatic carbocycles. The van der Waals surface area contributed by atoms with Crippen LogP contribution in [0.25, 0.3) is 35.2 Å². The maximum atomic E-state index is 13.5. The third-order valence-electron chi connectivity index (χ3n) is 5.23. The molecular weight excluding hydrogens is 382 g/mol. The van der Waals surface area contributed by atoms with E-state index >= 15 is 0 Å². The van der Waals surface area contributed by atoms with Gasteiger partial charge in [-0.1, -0.05) is 36.4 Å². The van der Waals surface area contributed by atoms with Crippen LogP contribution in [0.2, 0.25) is 0 Å². The first-order valence-corrected chi connectivity index (χ1v) is 9.46. The summed E-state index contributed by atoms with van der Waals surface area (Å²) in [7, 11) is 0. The van der Waals surface area contributed by atoms with Gasteiger partial charge in [0.05, 0.1) is 11.2 Å². The van der Waals surface area contributed by atoms with Crippen LogP contribution in [-0.2, 0) is 0 Å². The fraction of sp³-hybridized carbons (Fsp3) is 0.0400. The molecule has 0 bridgehead atoms.